The number of pyridine rings is 1. The first-order valence-corrected chi connectivity index (χ1v) is 9.36. The highest BCUT2D eigenvalue weighted by Gasteiger charge is 2.24. The minimum Gasteiger partial charge on any atom is -0.495 e. The van der Waals surface area contributed by atoms with Crippen molar-refractivity contribution >= 4 is 23.4 Å². The van der Waals surface area contributed by atoms with Gasteiger partial charge in [-0.05, 0) is 36.8 Å². The Hall–Kier alpha value is -3.42. The number of carbonyl (C=O) groups is 3. The Labute approximate surface area is 169 Å². The largest absolute Gasteiger partial charge is 0.495 e. The van der Waals surface area contributed by atoms with E-state index in [9.17, 15) is 14.4 Å². The van der Waals surface area contributed by atoms with Crippen LogP contribution in [0.4, 0.5) is 5.69 Å². The van der Waals surface area contributed by atoms with E-state index < -0.39 is 5.91 Å². The summed E-state index contributed by atoms with van der Waals surface area (Å²) < 4.78 is 5.28. The lowest BCUT2D eigenvalue weighted by molar-refractivity contribution is -0.130. The maximum absolute atomic E-state index is 12.8. The first-order chi connectivity index (χ1) is 13.9. The molecule has 1 fully saturated rings. The molecule has 1 aromatic carbocycles. The molecule has 0 radical (unpaired) electrons. The van der Waals surface area contributed by atoms with E-state index in [1.807, 2.05) is 13.0 Å². The van der Waals surface area contributed by atoms with Crippen LogP contribution in [0.15, 0.2) is 36.5 Å². The summed E-state index contributed by atoms with van der Waals surface area (Å²) in [5.74, 6) is -0.0613. The van der Waals surface area contributed by atoms with E-state index in [1.54, 1.807) is 28.0 Å². The summed E-state index contributed by atoms with van der Waals surface area (Å²) in [6.45, 7) is 5.37. The lowest BCUT2D eigenvalue weighted by Crippen LogP contribution is -2.50. The molecule has 0 unspecified atom stereocenters. The Morgan fingerprint density at radius 2 is 1.72 bits per heavy atom. The average molecular weight is 396 g/mol. The number of carbonyl (C=O) groups excluding carboxylic acids is 3. The standard InChI is InChI=1S/C21H24N4O4/c1-14-4-5-19(29-3)17(12-14)23-20(27)18-13-16(6-7-22-18)21(28)25-10-8-24(9-11-25)15(2)26/h4-7,12-13H,8-11H2,1-3H3,(H,23,27). The molecule has 8 nitrogen and oxygen atoms in total. The van der Waals surface area contributed by atoms with Crippen LogP contribution in [0.1, 0.15) is 33.3 Å². The number of anilines is 1. The Balaban J connectivity index is 1.72. The molecule has 1 saturated heterocycles. The van der Waals surface area contributed by atoms with Gasteiger partial charge >= 0.3 is 0 Å². The quantitative estimate of drug-likeness (QED) is 0.853. The molecule has 0 bridgehead atoms. The van der Waals surface area contributed by atoms with Crippen LogP contribution >= 0.6 is 0 Å². The van der Waals surface area contributed by atoms with Gasteiger partial charge in [-0.25, -0.2) is 0 Å². The van der Waals surface area contributed by atoms with Gasteiger partial charge in [0.25, 0.3) is 11.8 Å². The van der Waals surface area contributed by atoms with Gasteiger partial charge < -0.3 is 19.9 Å². The Kier molecular flexibility index (Phi) is 6.11. The van der Waals surface area contributed by atoms with Crippen LogP contribution in [0.5, 0.6) is 5.75 Å². The molecule has 1 aromatic heterocycles. The first-order valence-electron chi connectivity index (χ1n) is 9.36. The van der Waals surface area contributed by atoms with Crippen molar-refractivity contribution < 1.29 is 19.1 Å². The van der Waals surface area contributed by atoms with Crippen LogP contribution in [0.25, 0.3) is 0 Å². The minimum atomic E-state index is -0.426. The predicted octanol–water partition coefficient (Wildman–Crippen LogP) is 1.96. The molecule has 29 heavy (non-hydrogen) atoms. The first kappa shape index (κ1) is 20.3. The molecule has 1 aliphatic rings. The van der Waals surface area contributed by atoms with Crippen LogP contribution in [0.3, 0.4) is 0 Å². The maximum atomic E-state index is 12.8. The Morgan fingerprint density at radius 3 is 2.38 bits per heavy atom. The van der Waals surface area contributed by atoms with Crippen molar-refractivity contribution in [2.24, 2.45) is 0 Å². The molecule has 2 aromatic rings. The van der Waals surface area contributed by atoms with Gasteiger partial charge in [0, 0.05) is 44.9 Å². The number of benzene rings is 1. The normalized spacial score (nSPS) is 13.8. The molecule has 2 heterocycles. The highest BCUT2D eigenvalue weighted by atomic mass is 16.5. The van der Waals surface area contributed by atoms with Crippen molar-refractivity contribution in [3.8, 4) is 5.75 Å². The van der Waals surface area contributed by atoms with Gasteiger partial charge in [-0.2, -0.15) is 0 Å². The number of nitrogens with zero attached hydrogens (tertiary/aromatic N) is 3. The van der Waals surface area contributed by atoms with Crippen LogP contribution in [0.2, 0.25) is 0 Å². The van der Waals surface area contributed by atoms with E-state index in [-0.39, 0.29) is 17.5 Å². The van der Waals surface area contributed by atoms with Crippen molar-refractivity contribution in [3.63, 3.8) is 0 Å². The zero-order valence-electron chi connectivity index (χ0n) is 16.8. The second-order valence-electron chi connectivity index (χ2n) is 6.89. The second-order valence-corrected chi connectivity index (χ2v) is 6.89. The van der Waals surface area contributed by atoms with E-state index in [4.69, 9.17) is 4.74 Å². The topological polar surface area (TPSA) is 91.8 Å². The van der Waals surface area contributed by atoms with Crippen LogP contribution in [0, 0.1) is 6.92 Å². The number of amides is 3. The molecule has 0 saturated carbocycles. The van der Waals surface area contributed by atoms with Crippen molar-refractivity contribution in [1.82, 2.24) is 14.8 Å². The lowest BCUT2D eigenvalue weighted by atomic mass is 10.1. The molecular formula is C21H24N4O4. The van der Waals surface area contributed by atoms with Gasteiger partial charge in [-0.3, -0.25) is 19.4 Å². The molecule has 1 aliphatic heterocycles. The molecule has 8 heteroatoms. The van der Waals surface area contributed by atoms with Crippen molar-refractivity contribution in [1.29, 1.82) is 0 Å². The molecule has 152 valence electrons. The number of methoxy groups -OCH3 is 1. The van der Waals surface area contributed by atoms with Crippen LogP contribution in [-0.2, 0) is 4.79 Å². The summed E-state index contributed by atoms with van der Waals surface area (Å²) in [6, 6.07) is 8.54. The molecule has 3 amide bonds. The number of aromatic nitrogens is 1. The number of nitrogens with one attached hydrogen (secondary N) is 1. The van der Waals surface area contributed by atoms with Gasteiger partial charge in [0.2, 0.25) is 5.91 Å². The Bertz CT molecular complexity index is 936. The molecule has 0 spiro atoms. The van der Waals surface area contributed by atoms with E-state index in [1.165, 1.54) is 26.3 Å². The Morgan fingerprint density at radius 1 is 1.03 bits per heavy atom. The molecule has 3 rings (SSSR count). The molecule has 0 aliphatic carbocycles. The van der Waals surface area contributed by atoms with Gasteiger partial charge in [0.1, 0.15) is 11.4 Å². The summed E-state index contributed by atoms with van der Waals surface area (Å²) in [4.78, 5) is 44.4. The fourth-order valence-electron chi connectivity index (χ4n) is 3.20. The zero-order chi connectivity index (χ0) is 21.0. The minimum absolute atomic E-state index is 0.00606. The van der Waals surface area contributed by atoms with E-state index >= 15 is 0 Å². The average Bonchev–Trinajstić information content (AvgIpc) is 2.73. The van der Waals surface area contributed by atoms with E-state index in [0.717, 1.165) is 5.56 Å². The van der Waals surface area contributed by atoms with Gasteiger partial charge in [-0.15, -0.1) is 0 Å². The summed E-state index contributed by atoms with van der Waals surface area (Å²) in [5.41, 5.74) is 2.04. The lowest BCUT2D eigenvalue weighted by Gasteiger charge is -2.34. The molecule has 0 atom stereocenters. The number of rotatable bonds is 4. The van der Waals surface area contributed by atoms with Crippen molar-refractivity contribution in [2.45, 2.75) is 13.8 Å². The number of hydrogen-bond acceptors (Lipinski definition) is 5. The highest BCUT2D eigenvalue weighted by molar-refractivity contribution is 6.05. The van der Waals surface area contributed by atoms with Gasteiger partial charge in [0.15, 0.2) is 0 Å². The van der Waals surface area contributed by atoms with E-state index in [2.05, 4.69) is 10.3 Å². The maximum Gasteiger partial charge on any atom is 0.274 e. The smallest absolute Gasteiger partial charge is 0.274 e. The van der Waals surface area contributed by atoms with Gasteiger partial charge in [-0.1, -0.05) is 6.07 Å². The summed E-state index contributed by atoms with van der Waals surface area (Å²) in [6.07, 6.45) is 1.45. The van der Waals surface area contributed by atoms with Crippen molar-refractivity contribution in [3.05, 3.63) is 53.3 Å². The highest BCUT2D eigenvalue weighted by Crippen LogP contribution is 2.25. The van der Waals surface area contributed by atoms with Crippen molar-refractivity contribution in [2.75, 3.05) is 38.6 Å². The van der Waals surface area contributed by atoms with Crippen LogP contribution < -0.4 is 10.1 Å². The second kappa shape index (κ2) is 8.72. The third kappa shape index (κ3) is 4.71. The predicted molar refractivity (Wildman–Crippen MR) is 108 cm³/mol. The number of hydrogen-bond donors (Lipinski definition) is 1. The number of piperazine rings is 1. The zero-order valence-corrected chi connectivity index (χ0v) is 16.8. The summed E-state index contributed by atoms with van der Waals surface area (Å²) in [5, 5.41) is 2.79. The number of ether oxygens (including phenoxy) is 1. The fourth-order valence-corrected chi connectivity index (χ4v) is 3.20. The van der Waals surface area contributed by atoms with E-state index in [0.29, 0.717) is 43.2 Å². The monoisotopic (exact) mass is 396 g/mol. The fraction of sp³-hybridized carbons (Fsp3) is 0.333. The third-order valence-corrected chi connectivity index (χ3v) is 4.85. The number of aryl methyl sites for hydroxylation is 1. The summed E-state index contributed by atoms with van der Waals surface area (Å²) in [7, 11) is 1.53. The molecular weight excluding hydrogens is 372 g/mol. The summed E-state index contributed by atoms with van der Waals surface area (Å²) >= 11 is 0. The SMILES string of the molecule is COc1ccc(C)cc1NC(=O)c1cc(C(=O)N2CCN(C(C)=O)CC2)ccn1. The van der Waals surface area contributed by atoms with Crippen LogP contribution in [-0.4, -0.2) is 65.8 Å². The third-order valence-electron chi connectivity index (χ3n) is 4.85. The molecule has 1 N–H and O–H groups in total. The van der Waals surface area contributed by atoms with Gasteiger partial charge in [0.05, 0.1) is 12.8 Å².